The van der Waals surface area contributed by atoms with Crippen LogP contribution in [0.1, 0.15) is 52.4 Å². The van der Waals surface area contributed by atoms with E-state index in [1.54, 1.807) is 0 Å². The maximum Gasteiger partial charge on any atom is 0.0271 e. The number of hydrogen-bond donors (Lipinski definition) is 0. The number of rotatable bonds is 7. The summed E-state index contributed by atoms with van der Waals surface area (Å²) in [5.74, 6) is 0. The highest BCUT2D eigenvalue weighted by molar-refractivity contribution is 9.12. The van der Waals surface area contributed by atoms with Crippen LogP contribution < -0.4 is 0 Å². The second-order valence-electron chi connectivity index (χ2n) is 3.32. The van der Waals surface area contributed by atoms with Crippen LogP contribution in [0.5, 0.6) is 0 Å². The molecule has 0 aromatic carbocycles. The minimum Gasteiger partial charge on any atom is -0.0879 e. The minimum atomic E-state index is 0.666. The first kappa shape index (κ1) is 13.0. The summed E-state index contributed by atoms with van der Waals surface area (Å²) in [7, 11) is 0. The first-order valence-electron chi connectivity index (χ1n) is 5.00. The summed E-state index contributed by atoms with van der Waals surface area (Å²) in [4.78, 5) is 1.34. The zero-order valence-electron chi connectivity index (χ0n) is 8.15. The van der Waals surface area contributed by atoms with Crippen LogP contribution in [0.15, 0.2) is 0 Å². The molecule has 0 heterocycles. The lowest BCUT2D eigenvalue weighted by molar-refractivity contribution is 0.617. The Labute approximate surface area is 93.8 Å². The van der Waals surface area contributed by atoms with Crippen molar-refractivity contribution < 1.29 is 0 Å². The first-order valence-corrected chi connectivity index (χ1v) is 6.83. The lowest BCUT2D eigenvalue weighted by atomic mass is 10.1. The van der Waals surface area contributed by atoms with Gasteiger partial charge in [0.2, 0.25) is 0 Å². The first-order chi connectivity index (χ1) is 5.72. The molecule has 0 fully saturated rings. The summed E-state index contributed by atoms with van der Waals surface area (Å²) >= 11 is 7.44. The van der Waals surface area contributed by atoms with E-state index in [1.807, 2.05) is 0 Å². The van der Waals surface area contributed by atoms with Gasteiger partial charge in [0.25, 0.3) is 0 Å². The monoisotopic (exact) mass is 298 g/mol. The van der Waals surface area contributed by atoms with Gasteiger partial charge in [0.15, 0.2) is 0 Å². The van der Waals surface area contributed by atoms with E-state index in [0.29, 0.717) is 9.65 Å². The topological polar surface area (TPSA) is 0 Å². The van der Waals surface area contributed by atoms with E-state index in [1.165, 1.54) is 38.5 Å². The largest absolute Gasteiger partial charge is 0.0879 e. The van der Waals surface area contributed by atoms with Gasteiger partial charge in [-0.25, -0.2) is 0 Å². The summed E-state index contributed by atoms with van der Waals surface area (Å²) in [5.41, 5.74) is 0. The molecule has 2 unspecified atom stereocenters. The summed E-state index contributed by atoms with van der Waals surface area (Å²) in [6.45, 7) is 4.49. The lowest BCUT2D eigenvalue weighted by Crippen LogP contribution is -2.13. The van der Waals surface area contributed by atoms with E-state index in [4.69, 9.17) is 0 Å². The van der Waals surface area contributed by atoms with E-state index >= 15 is 0 Å². The third-order valence-electron chi connectivity index (χ3n) is 2.04. The predicted octanol–water partition coefficient (Wildman–Crippen LogP) is 4.89. The van der Waals surface area contributed by atoms with Gasteiger partial charge in [0.05, 0.1) is 0 Å². The molecule has 12 heavy (non-hydrogen) atoms. The number of alkyl halides is 2. The smallest absolute Gasteiger partial charge is 0.0271 e. The normalized spacial score (nSPS) is 16.0. The number of unbranched alkanes of at least 4 members (excludes halogenated alkanes) is 2. The van der Waals surface area contributed by atoms with Gasteiger partial charge in [-0.1, -0.05) is 71.4 Å². The molecule has 0 saturated carbocycles. The molecule has 74 valence electrons. The molecule has 0 aromatic rings. The van der Waals surface area contributed by atoms with Gasteiger partial charge in [-0.3, -0.25) is 0 Å². The molecule has 2 atom stereocenters. The predicted molar refractivity (Wildman–Crippen MR) is 64.5 cm³/mol. The molecule has 0 aliphatic heterocycles. The summed E-state index contributed by atoms with van der Waals surface area (Å²) in [5, 5.41) is 0. The van der Waals surface area contributed by atoms with Crippen LogP contribution in [0.25, 0.3) is 0 Å². The molecule has 0 spiro atoms. The Morgan fingerprint density at radius 1 is 0.833 bits per heavy atom. The lowest BCUT2D eigenvalue weighted by Gasteiger charge is -2.15. The second-order valence-corrected chi connectivity index (χ2v) is 5.67. The van der Waals surface area contributed by atoms with Crippen LogP contribution in [0.2, 0.25) is 0 Å². The molecular formula is C10H20Br2. The second kappa shape index (κ2) is 8.55. The Hall–Kier alpha value is 0.960. The van der Waals surface area contributed by atoms with Gasteiger partial charge in [-0.15, -0.1) is 0 Å². The van der Waals surface area contributed by atoms with Gasteiger partial charge < -0.3 is 0 Å². The number of hydrogen-bond acceptors (Lipinski definition) is 0. The van der Waals surface area contributed by atoms with Gasteiger partial charge >= 0.3 is 0 Å². The van der Waals surface area contributed by atoms with Crippen LogP contribution in [0, 0.1) is 0 Å². The van der Waals surface area contributed by atoms with Crippen molar-refractivity contribution in [3.05, 3.63) is 0 Å². The third kappa shape index (κ3) is 6.47. The van der Waals surface area contributed by atoms with Crippen LogP contribution in [0.3, 0.4) is 0 Å². The molecule has 0 bridgehead atoms. The van der Waals surface area contributed by atoms with E-state index in [-0.39, 0.29) is 0 Å². The maximum absolute atomic E-state index is 3.73. The van der Waals surface area contributed by atoms with Crippen molar-refractivity contribution in [3.63, 3.8) is 0 Å². The van der Waals surface area contributed by atoms with Gasteiger partial charge in [-0.2, -0.15) is 0 Å². The maximum atomic E-state index is 3.73. The summed E-state index contributed by atoms with van der Waals surface area (Å²) in [6.07, 6.45) is 7.91. The fraction of sp³-hybridized carbons (Fsp3) is 1.00. The Morgan fingerprint density at radius 2 is 1.42 bits per heavy atom. The molecular weight excluding hydrogens is 280 g/mol. The Morgan fingerprint density at radius 3 is 1.92 bits per heavy atom. The van der Waals surface area contributed by atoms with Crippen molar-refractivity contribution >= 4 is 31.9 Å². The van der Waals surface area contributed by atoms with Gasteiger partial charge in [0.1, 0.15) is 0 Å². The van der Waals surface area contributed by atoms with E-state index < -0.39 is 0 Å². The molecule has 2 heteroatoms. The quantitative estimate of drug-likeness (QED) is 0.463. The van der Waals surface area contributed by atoms with Crippen LogP contribution in [-0.2, 0) is 0 Å². The summed E-state index contributed by atoms with van der Waals surface area (Å²) in [6, 6.07) is 0. The molecule has 0 aliphatic rings. The Balaban J connectivity index is 3.35. The molecule has 0 rings (SSSR count). The van der Waals surface area contributed by atoms with Crippen molar-refractivity contribution in [2.45, 2.75) is 62.0 Å². The van der Waals surface area contributed by atoms with Crippen LogP contribution >= 0.6 is 31.9 Å². The van der Waals surface area contributed by atoms with Crippen molar-refractivity contribution in [2.24, 2.45) is 0 Å². The highest BCUT2D eigenvalue weighted by Gasteiger charge is 2.13. The van der Waals surface area contributed by atoms with Crippen molar-refractivity contribution in [1.82, 2.24) is 0 Å². The zero-order valence-corrected chi connectivity index (χ0v) is 11.3. The average Bonchev–Trinajstić information content (AvgIpc) is 2.05. The van der Waals surface area contributed by atoms with Crippen LogP contribution in [-0.4, -0.2) is 9.65 Å². The molecule has 0 aliphatic carbocycles. The molecule has 0 amide bonds. The fourth-order valence-corrected chi connectivity index (χ4v) is 2.54. The van der Waals surface area contributed by atoms with E-state index in [9.17, 15) is 0 Å². The zero-order chi connectivity index (χ0) is 9.40. The van der Waals surface area contributed by atoms with Crippen LogP contribution in [0.4, 0.5) is 0 Å². The molecule has 0 aromatic heterocycles. The fourth-order valence-electron chi connectivity index (χ4n) is 1.23. The molecule has 0 nitrogen and oxygen atoms in total. The van der Waals surface area contributed by atoms with Crippen molar-refractivity contribution in [3.8, 4) is 0 Å². The van der Waals surface area contributed by atoms with Crippen molar-refractivity contribution in [2.75, 3.05) is 0 Å². The van der Waals surface area contributed by atoms with Crippen molar-refractivity contribution in [1.29, 1.82) is 0 Å². The van der Waals surface area contributed by atoms with Gasteiger partial charge in [-0.05, 0) is 12.8 Å². The Kier molecular flexibility index (Phi) is 9.24. The number of halogens is 2. The van der Waals surface area contributed by atoms with E-state index in [0.717, 1.165) is 0 Å². The minimum absolute atomic E-state index is 0.666. The highest BCUT2D eigenvalue weighted by atomic mass is 79.9. The third-order valence-corrected chi connectivity index (χ3v) is 4.94. The molecule has 0 N–H and O–H groups in total. The standard InChI is InChI=1S/C10H20Br2/c1-3-5-6-8-10(12)9(11)7-4-2/h9-10H,3-8H2,1-2H3. The average molecular weight is 300 g/mol. The molecule has 0 saturated heterocycles. The Bertz CT molecular complexity index is 93.8. The SMILES string of the molecule is CCCCCC(Br)C(Br)CCC. The van der Waals surface area contributed by atoms with E-state index in [2.05, 4.69) is 45.7 Å². The van der Waals surface area contributed by atoms with Gasteiger partial charge in [0, 0.05) is 9.65 Å². The highest BCUT2D eigenvalue weighted by Crippen LogP contribution is 2.23. The molecule has 0 radical (unpaired) electrons. The summed E-state index contributed by atoms with van der Waals surface area (Å²) < 4.78 is 0.